The zero-order valence-corrected chi connectivity index (χ0v) is 19.0. The molecule has 1 aliphatic carbocycles. The number of aromatic amines is 1. The number of hydrogen-bond donors (Lipinski definition) is 3. The molecule has 0 spiro atoms. The number of aromatic nitrogens is 1. The number of halogens is 1. The van der Waals surface area contributed by atoms with Crippen LogP contribution in [0.5, 0.6) is 0 Å². The maximum absolute atomic E-state index is 12.6. The van der Waals surface area contributed by atoms with Crippen molar-refractivity contribution in [3.63, 3.8) is 0 Å². The van der Waals surface area contributed by atoms with Gasteiger partial charge in [0.05, 0.1) is 5.75 Å². The van der Waals surface area contributed by atoms with Crippen molar-refractivity contribution < 1.29 is 17.8 Å². The van der Waals surface area contributed by atoms with Gasteiger partial charge in [0.2, 0.25) is 5.91 Å². The topological polar surface area (TPSA) is 116 Å². The van der Waals surface area contributed by atoms with Crippen LogP contribution in [0.25, 0.3) is 5.57 Å². The van der Waals surface area contributed by atoms with E-state index in [0.717, 1.165) is 35.1 Å². The maximum Gasteiger partial charge on any atom is 0.264 e. The van der Waals surface area contributed by atoms with Crippen LogP contribution in [0.15, 0.2) is 41.2 Å². The lowest BCUT2D eigenvalue weighted by atomic mass is 9.96. The first-order chi connectivity index (χ1) is 15.2. The summed E-state index contributed by atoms with van der Waals surface area (Å²) in [5.41, 5.74) is 3.67. The Bertz CT molecular complexity index is 1230. The molecule has 2 heterocycles. The van der Waals surface area contributed by atoms with E-state index in [4.69, 9.17) is 16.2 Å². The molecule has 2 fully saturated rings. The molecule has 2 aromatic rings. The molecule has 0 unspecified atom stereocenters. The summed E-state index contributed by atoms with van der Waals surface area (Å²) in [5.74, 6) is 0.00726. The van der Waals surface area contributed by atoms with Crippen molar-refractivity contribution in [1.82, 2.24) is 10.3 Å². The van der Waals surface area contributed by atoms with Gasteiger partial charge in [0.15, 0.2) is 0 Å². The Hall–Kier alpha value is -2.42. The number of aryl methyl sites for hydroxylation is 1. The van der Waals surface area contributed by atoms with E-state index in [1.54, 1.807) is 6.07 Å². The third-order valence-electron chi connectivity index (χ3n) is 5.86. The Morgan fingerprint density at radius 1 is 1.16 bits per heavy atom. The van der Waals surface area contributed by atoms with Crippen LogP contribution in [-0.4, -0.2) is 35.7 Å². The third kappa shape index (κ3) is 5.68. The van der Waals surface area contributed by atoms with Gasteiger partial charge in [0, 0.05) is 34.3 Å². The second-order valence-electron chi connectivity index (χ2n) is 8.42. The standard InChI is InChI=1S/C23H25ClN2O5S/c24-20-12-16(6-5-15(20)2-1-11-32(29,30)31)19(13-17-7-10-22(27)25-17)21-9-8-18(14-3-4-14)23(28)26-21/h5-6,8-9,12-14,17H,1-4,7,10-11H2,(H,25,27)(H,26,28)(H,29,30,31)/b19-13+/t17-/m1/s1. The van der Waals surface area contributed by atoms with Crippen molar-refractivity contribution in [2.24, 2.45) is 0 Å². The quantitative estimate of drug-likeness (QED) is 0.504. The lowest BCUT2D eigenvalue weighted by molar-refractivity contribution is -0.119. The summed E-state index contributed by atoms with van der Waals surface area (Å²) < 4.78 is 30.8. The molecule has 1 saturated carbocycles. The number of rotatable bonds is 8. The summed E-state index contributed by atoms with van der Waals surface area (Å²) >= 11 is 6.48. The summed E-state index contributed by atoms with van der Waals surface area (Å²) in [5, 5.41) is 3.39. The van der Waals surface area contributed by atoms with Gasteiger partial charge < -0.3 is 10.3 Å². The van der Waals surface area contributed by atoms with E-state index in [-0.39, 0.29) is 29.7 Å². The highest BCUT2D eigenvalue weighted by Crippen LogP contribution is 2.38. The molecule has 0 bridgehead atoms. The Labute approximate surface area is 191 Å². The largest absolute Gasteiger partial charge is 0.350 e. The lowest BCUT2D eigenvalue weighted by Crippen LogP contribution is -2.23. The molecule has 3 N–H and O–H groups in total. The van der Waals surface area contributed by atoms with E-state index >= 15 is 0 Å². The van der Waals surface area contributed by atoms with Gasteiger partial charge in [-0.15, -0.1) is 0 Å². The summed E-state index contributed by atoms with van der Waals surface area (Å²) in [6.07, 6.45) is 5.81. The first-order valence-corrected chi connectivity index (χ1v) is 12.7. The molecule has 0 radical (unpaired) electrons. The van der Waals surface area contributed by atoms with E-state index < -0.39 is 10.1 Å². The number of carbonyl (C=O) groups is 1. The van der Waals surface area contributed by atoms with Crippen LogP contribution in [0.1, 0.15) is 60.4 Å². The van der Waals surface area contributed by atoms with Gasteiger partial charge in [-0.05, 0) is 61.3 Å². The average molecular weight is 477 g/mol. The van der Waals surface area contributed by atoms with E-state index in [1.165, 1.54) is 0 Å². The summed E-state index contributed by atoms with van der Waals surface area (Å²) in [6.45, 7) is 0. The SMILES string of the molecule is O=C1CC[C@H](/C=C(\c2ccc(CCCS(=O)(=O)O)c(Cl)c2)c2ccc(C3CC3)c(=O)[nH]2)N1. The lowest BCUT2D eigenvalue weighted by Gasteiger charge is -2.14. The molecule has 32 heavy (non-hydrogen) atoms. The number of pyridine rings is 1. The predicted octanol–water partition coefficient (Wildman–Crippen LogP) is 3.44. The minimum absolute atomic E-state index is 0.00427. The van der Waals surface area contributed by atoms with Crippen molar-refractivity contribution in [2.45, 2.75) is 50.5 Å². The van der Waals surface area contributed by atoms with Crippen LogP contribution in [0.2, 0.25) is 5.02 Å². The summed E-state index contributed by atoms with van der Waals surface area (Å²) in [6, 6.07) is 9.09. The summed E-state index contributed by atoms with van der Waals surface area (Å²) in [4.78, 5) is 27.3. The van der Waals surface area contributed by atoms with Crippen LogP contribution in [0.3, 0.4) is 0 Å². The second kappa shape index (κ2) is 9.21. The second-order valence-corrected chi connectivity index (χ2v) is 10.4. The molecule has 1 saturated heterocycles. The third-order valence-corrected chi connectivity index (χ3v) is 7.01. The zero-order valence-electron chi connectivity index (χ0n) is 17.4. The van der Waals surface area contributed by atoms with Gasteiger partial charge in [-0.3, -0.25) is 14.1 Å². The highest BCUT2D eigenvalue weighted by molar-refractivity contribution is 7.85. The van der Waals surface area contributed by atoms with Crippen LogP contribution < -0.4 is 10.9 Å². The van der Waals surface area contributed by atoms with Crippen molar-refractivity contribution in [3.8, 4) is 0 Å². The Morgan fingerprint density at radius 2 is 1.94 bits per heavy atom. The number of nitrogens with one attached hydrogen (secondary N) is 2. The molecule has 9 heteroatoms. The molecule has 7 nitrogen and oxygen atoms in total. The number of benzene rings is 1. The molecule has 170 valence electrons. The van der Waals surface area contributed by atoms with Gasteiger partial charge in [-0.1, -0.05) is 35.9 Å². The fourth-order valence-electron chi connectivity index (χ4n) is 4.03. The minimum Gasteiger partial charge on any atom is -0.350 e. The molecule has 1 aromatic heterocycles. The van der Waals surface area contributed by atoms with Crippen LogP contribution in [0.4, 0.5) is 0 Å². The number of H-pyrrole nitrogens is 1. The monoisotopic (exact) mass is 476 g/mol. The number of amides is 1. The van der Waals surface area contributed by atoms with Gasteiger partial charge in [0.25, 0.3) is 15.7 Å². The molecule has 1 atom stereocenters. The fourth-order valence-corrected chi connectivity index (χ4v) is 4.81. The van der Waals surface area contributed by atoms with E-state index in [0.29, 0.717) is 35.9 Å². The van der Waals surface area contributed by atoms with Gasteiger partial charge in [0.1, 0.15) is 0 Å². The normalized spacial score (nSPS) is 19.2. The van der Waals surface area contributed by atoms with Gasteiger partial charge >= 0.3 is 0 Å². The van der Waals surface area contributed by atoms with Gasteiger partial charge in [-0.2, -0.15) is 8.42 Å². The van der Waals surface area contributed by atoms with E-state index in [2.05, 4.69) is 10.3 Å². The number of carbonyl (C=O) groups excluding carboxylic acids is 1. The van der Waals surface area contributed by atoms with E-state index in [9.17, 15) is 18.0 Å². The van der Waals surface area contributed by atoms with E-state index in [1.807, 2.05) is 30.3 Å². The highest BCUT2D eigenvalue weighted by atomic mass is 35.5. The Morgan fingerprint density at radius 3 is 2.53 bits per heavy atom. The van der Waals surface area contributed by atoms with Crippen LogP contribution in [-0.2, 0) is 21.3 Å². The first kappa shape index (κ1) is 22.8. The average Bonchev–Trinajstić information content (AvgIpc) is 3.47. The first-order valence-electron chi connectivity index (χ1n) is 10.7. The van der Waals surface area contributed by atoms with Crippen molar-refractivity contribution in [3.05, 3.63) is 74.2 Å². The Balaban J connectivity index is 1.65. The fraction of sp³-hybridized carbons (Fsp3) is 0.391. The van der Waals surface area contributed by atoms with Gasteiger partial charge in [-0.25, -0.2) is 0 Å². The Kier molecular flexibility index (Phi) is 6.55. The molecular formula is C23H25ClN2O5S. The number of hydrogen-bond acceptors (Lipinski definition) is 4. The smallest absolute Gasteiger partial charge is 0.264 e. The molecule has 1 aliphatic heterocycles. The molecular weight excluding hydrogens is 452 g/mol. The molecule has 2 aliphatic rings. The highest BCUT2D eigenvalue weighted by Gasteiger charge is 2.27. The molecule has 1 aromatic carbocycles. The summed E-state index contributed by atoms with van der Waals surface area (Å²) in [7, 11) is -4.01. The van der Waals surface area contributed by atoms with Crippen LogP contribution in [0, 0.1) is 0 Å². The van der Waals surface area contributed by atoms with Crippen molar-refractivity contribution >= 4 is 33.2 Å². The zero-order chi connectivity index (χ0) is 22.9. The minimum atomic E-state index is -4.01. The molecule has 1 amide bonds. The van der Waals surface area contributed by atoms with Crippen molar-refractivity contribution in [1.29, 1.82) is 0 Å². The molecule has 4 rings (SSSR count). The predicted molar refractivity (Wildman–Crippen MR) is 123 cm³/mol. The van der Waals surface area contributed by atoms with Crippen molar-refractivity contribution in [2.75, 3.05) is 5.75 Å². The van der Waals surface area contributed by atoms with Crippen LogP contribution >= 0.6 is 11.6 Å². The maximum atomic E-state index is 12.6.